The van der Waals surface area contributed by atoms with E-state index in [1.807, 2.05) is 9.58 Å². The molecule has 0 aromatic carbocycles. The topological polar surface area (TPSA) is 69.5 Å². The Morgan fingerprint density at radius 1 is 1.45 bits per heavy atom. The quantitative estimate of drug-likeness (QED) is 0.738. The lowest BCUT2D eigenvalue weighted by molar-refractivity contribution is -0.138. The first-order valence-electron chi connectivity index (χ1n) is 8.07. The standard InChI is InChI=1S/C15H24N4O3/c1-21-8-4-2-3-5-15(20)18-7-6-14-13(10-18)19-12(11-22-14)9-16-17-19/h9,13-14H,2-8,10-11H2,1H3. The number of rotatable bonds is 6. The third-order valence-electron chi connectivity index (χ3n) is 4.52. The number of carbonyl (C=O) groups is 1. The van der Waals surface area contributed by atoms with Crippen molar-refractivity contribution in [1.82, 2.24) is 19.9 Å². The number of likely N-dealkylation sites (tertiary alicyclic amines) is 1. The molecular weight excluding hydrogens is 284 g/mol. The summed E-state index contributed by atoms with van der Waals surface area (Å²) in [7, 11) is 1.71. The molecule has 1 fully saturated rings. The Balaban J connectivity index is 1.51. The van der Waals surface area contributed by atoms with Crippen LogP contribution in [0.2, 0.25) is 0 Å². The molecule has 2 aliphatic heterocycles. The second-order valence-electron chi connectivity index (χ2n) is 6.02. The summed E-state index contributed by atoms with van der Waals surface area (Å²) in [5.74, 6) is 0.239. The summed E-state index contributed by atoms with van der Waals surface area (Å²) in [4.78, 5) is 14.3. The molecule has 1 aromatic heterocycles. The molecule has 0 N–H and O–H groups in total. The Bertz CT molecular complexity index is 505. The molecule has 3 rings (SSSR count). The average molecular weight is 308 g/mol. The first-order chi connectivity index (χ1) is 10.8. The third kappa shape index (κ3) is 3.30. The van der Waals surface area contributed by atoms with Crippen molar-refractivity contribution in [1.29, 1.82) is 0 Å². The number of piperidine rings is 1. The van der Waals surface area contributed by atoms with Crippen LogP contribution in [0.5, 0.6) is 0 Å². The summed E-state index contributed by atoms with van der Waals surface area (Å²) in [6, 6.07) is 0.109. The molecule has 0 aliphatic carbocycles. The molecule has 7 nitrogen and oxygen atoms in total. The van der Waals surface area contributed by atoms with E-state index in [1.165, 1.54) is 0 Å². The van der Waals surface area contributed by atoms with E-state index in [9.17, 15) is 4.79 Å². The van der Waals surface area contributed by atoms with Gasteiger partial charge in [0.25, 0.3) is 0 Å². The zero-order valence-corrected chi connectivity index (χ0v) is 13.1. The van der Waals surface area contributed by atoms with Gasteiger partial charge in [-0.3, -0.25) is 4.79 Å². The monoisotopic (exact) mass is 308 g/mol. The molecule has 1 saturated heterocycles. The summed E-state index contributed by atoms with van der Waals surface area (Å²) in [6.07, 6.45) is 6.37. The molecule has 3 heterocycles. The van der Waals surface area contributed by atoms with Crippen LogP contribution in [0.25, 0.3) is 0 Å². The van der Waals surface area contributed by atoms with Crippen molar-refractivity contribution in [3.63, 3.8) is 0 Å². The van der Waals surface area contributed by atoms with Crippen LogP contribution >= 0.6 is 0 Å². The van der Waals surface area contributed by atoms with Gasteiger partial charge in [-0.2, -0.15) is 0 Å². The zero-order chi connectivity index (χ0) is 15.4. The molecule has 7 heteroatoms. The van der Waals surface area contributed by atoms with E-state index >= 15 is 0 Å². The first-order valence-corrected chi connectivity index (χ1v) is 8.07. The number of ether oxygens (including phenoxy) is 2. The van der Waals surface area contributed by atoms with Crippen molar-refractivity contribution >= 4 is 5.91 Å². The largest absolute Gasteiger partial charge is 0.385 e. The fraction of sp³-hybridized carbons (Fsp3) is 0.800. The smallest absolute Gasteiger partial charge is 0.222 e. The minimum Gasteiger partial charge on any atom is -0.385 e. The third-order valence-corrected chi connectivity index (χ3v) is 4.52. The number of fused-ring (bicyclic) bond motifs is 3. The molecule has 2 unspecified atom stereocenters. The van der Waals surface area contributed by atoms with Crippen LogP contribution in [0.3, 0.4) is 0 Å². The molecule has 122 valence electrons. The van der Waals surface area contributed by atoms with Crippen molar-refractivity contribution in [3.05, 3.63) is 11.9 Å². The van der Waals surface area contributed by atoms with Gasteiger partial charge >= 0.3 is 0 Å². The molecular formula is C15H24N4O3. The van der Waals surface area contributed by atoms with Crippen molar-refractivity contribution in [3.8, 4) is 0 Å². The van der Waals surface area contributed by atoms with E-state index in [0.29, 0.717) is 19.6 Å². The summed E-state index contributed by atoms with van der Waals surface area (Å²) < 4.78 is 12.8. The van der Waals surface area contributed by atoms with E-state index in [0.717, 1.165) is 44.5 Å². The van der Waals surface area contributed by atoms with Crippen molar-refractivity contribution in [2.24, 2.45) is 0 Å². The van der Waals surface area contributed by atoms with Gasteiger partial charge in [0.15, 0.2) is 0 Å². The predicted octanol–water partition coefficient (Wildman–Crippen LogP) is 1.16. The summed E-state index contributed by atoms with van der Waals surface area (Å²) in [6.45, 7) is 2.80. The highest BCUT2D eigenvalue weighted by Crippen LogP contribution is 2.30. The summed E-state index contributed by atoms with van der Waals surface area (Å²) in [5.41, 5.74) is 0.995. The maximum atomic E-state index is 12.4. The maximum absolute atomic E-state index is 12.4. The Morgan fingerprint density at radius 3 is 3.23 bits per heavy atom. The van der Waals surface area contributed by atoms with Crippen LogP contribution in [0.15, 0.2) is 6.20 Å². The van der Waals surface area contributed by atoms with Crippen molar-refractivity contribution in [2.75, 3.05) is 26.8 Å². The number of unbranched alkanes of at least 4 members (excludes halogenated alkanes) is 2. The second-order valence-corrected chi connectivity index (χ2v) is 6.02. The highest BCUT2D eigenvalue weighted by Gasteiger charge is 2.37. The zero-order valence-electron chi connectivity index (χ0n) is 13.1. The van der Waals surface area contributed by atoms with Gasteiger partial charge in [0.05, 0.1) is 30.6 Å². The lowest BCUT2D eigenvalue weighted by Gasteiger charge is -2.41. The van der Waals surface area contributed by atoms with Crippen LogP contribution in [0.4, 0.5) is 0 Å². The van der Waals surface area contributed by atoms with E-state index in [1.54, 1.807) is 13.3 Å². The highest BCUT2D eigenvalue weighted by atomic mass is 16.5. The predicted molar refractivity (Wildman–Crippen MR) is 79.2 cm³/mol. The lowest BCUT2D eigenvalue weighted by Crippen LogP contribution is -2.49. The minimum absolute atomic E-state index is 0.109. The van der Waals surface area contributed by atoms with Crippen LogP contribution in [-0.4, -0.2) is 58.7 Å². The number of aromatic nitrogens is 3. The molecule has 1 aromatic rings. The van der Waals surface area contributed by atoms with Gasteiger partial charge in [0.2, 0.25) is 5.91 Å². The van der Waals surface area contributed by atoms with Gasteiger partial charge in [-0.25, -0.2) is 4.68 Å². The van der Waals surface area contributed by atoms with Gasteiger partial charge in [-0.1, -0.05) is 11.6 Å². The second kappa shape index (κ2) is 7.19. The SMILES string of the molecule is COCCCCCC(=O)N1CCC2OCc3cnnn3C2C1. The highest BCUT2D eigenvalue weighted by molar-refractivity contribution is 5.76. The fourth-order valence-corrected chi connectivity index (χ4v) is 3.26. The lowest BCUT2D eigenvalue weighted by atomic mass is 10.00. The van der Waals surface area contributed by atoms with Gasteiger partial charge in [-0.05, 0) is 19.3 Å². The van der Waals surface area contributed by atoms with Crippen LogP contribution in [0, 0.1) is 0 Å². The molecule has 22 heavy (non-hydrogen) atoms. The molecule has 2 atom stereocenters. The first kappa shape index (κ1) is 15.4. The number of methoxy groups -OCH3 is 1. The number of hydrogen-bond acceptors (Lipinski definition) is 5. The molecule has 0 spiro atoms. The Labute approximate surface area is 130 Å². The van der Waals surface area contributed by atoms with Crippen molar-refractivity contribution < 1.29 is 14.3 Å². The maximum Gasteiger partial charge on any atom is 0.222 e. The fourth-order valence-electron chi connectivity index (χ4n) is 3.26. The normalized spacial score (nSPS) is 24.0. The number of amides is 1. The van der Waals surface area contributed by atoms with Crippen LogP contribution in [-0.2, 0) is 20.9 Å². The molecule has 1 amide bonds. The van der Waals surface area contributed by atoms with E-state index < -0.39 is 0 Å². The minimum atomic E-state index is 0.109. The van der Waals surface area contributed by atoms with Gasteiger partial charge in [-0.15, -0.1) is 5.10 Å². The van der Waals surface area contributed by atoms with Crippen molar-refractivity contribution in [2.45, 2.75) is 50.9 Å². The van der Waals surface area contributed by atoms with Crippen LogP contribution < -0.4 is 0 Å². The number of carbonyl (C=O) groups excluding carboxylic acids is 1. The summed E-state index contributed by atoms with van der Waals surface area (Å²) in [5, 5.41) is 8.13. The van der Waals surface area contributed by atoms with Crippen LogP contribution in [0.1, 0.15) is 43.8 Å². The Kier molecular flexibility index (Phi) is 5.04. The average Bonchev–Trinajstić information content (AvgIpc) is 3.03. The Hall–Kier alpha value is -1.47. The van der Waals surface area contributed by atoms with E-state index in [2.05, 4.69) is 10.3 Å². The van der Waals surface area contributed by atoms with E-state index in [-0.39, 0.29) is 18.1 Å². The summed E-state index contributed by atoms with van der Waals surface area (Å²) >= 11 is 0. The van der Waals surface area contributed by atoms with Gasteiger partial charge in [0.1, 0.15) is 0 Å². The number of nitrogens with zero attached hydrogens (tertiary/aromatic N) is 4. The molecule has 2 aliphatic rings. The molecule has 0 bridgehead atoms. The van der Waals surface area contributed by atoms with Gasteiger partial charge < -0.3 is 14.4 Å². The Morgan fingerprint density at radius 2 is 2.36 bits per heavy atom. The molecule has 0 saturated carbocycles. The van der Waals surface area contributed by atoms with Gasteiger partial charge in [0, 0.05) is 33.2 Å². The molecule has 0 radical (unpaired) electrons. The number of hydrogen-bond donors (Lipinski definition) is 0. The van der Waals surface area contributed by atoms with E-state index in [4.69, 9.17) is 9.47 Å².